The van der Waals surface area contributed by atoms with Crippen molar-refractivity contribution in [2.24, 2.45) is 5.10 Å². The second-order valence-electron chi connectivity index (χ2n) is 7.54. The number of hydrogen-bond donors (Lipinski definition) is 1. The third kappa shape index (κ3) is 5.77. The van der Waals surface area contributed by atoms with Gasteiger partial charge in [-0.2, -0.15) is 9.41 Å². The smallest absolute Gasteiger partial charge is 0.255 e. The minimum Gasteiger partial charge on any atom is -0.272 e. The molecule has 6 nitrogen and oxygen atoms in total. The molecule has 2 aromatic rings. The number of nitrogens with zero attached hydrogens (tertiary/aromatic N) is 2. The van der Waals surface area contributed by atoms with E-state index >= 15 is 0 Å². The molecule has 0 saturated heterocycles. The molecule has 1 N–H and O–H groups in total. The second kappa shape index (κ2) is 10.5. The number of nitrogens with one attached hydrogen (secondary N) is 1. The predicted octanol–water partition coefficient (Wildman–Crippen LogP) is 3.72. The monoisotopic (exact) mass is 427 g/mol. The lowest BCUT2D eigenvalue weighted by atomic mass is 9.95. The van der Waals surface area contributed by atoms with Crippen LogP contribution in [0.3, 0.4) is 0 Å². The van der Waals surface area contributed by atoms with Crippen LogP contribution in [0.25, 0.3) is 0 Å². The van der Waals surface area contributed by atoms with Crippen molar-refractivity contribution in [3.05, 3.63) is 65.7 Å². The number of amides is 1. The van der Waals surface area contributed by atoms with Gasteiger partial charge >= 0.3 is 0 Å². The van der Waals surface area contributed by atoms with E-state index in [2.05, 4.69) is 17.5 Å². The molecule has 0 heterocycles. The van der Waals surface area contributed by atoms with Crippen molar-refractivity contribution in [1.29, 1.82) is 0 Å². The molecule has 0 spiro atoms. The molecule has 1 amide bonds. The molecule has 160 valence electrons. The molecule has 0 radical (unpaired) electrons. The van der Waals surface area contributed by atoms with E-state index in [1.807, 2.05) is 24.3 Å². The first kappa shape index (κ1) is 22.2. The molecule has 1 saturated carbocycles. The average Bonchev–Trinajstić information content (AvgIpc) is 2.79. The van der Waals surface area contributed by atoms with Crippen LogP contribution in [-0.2, 0) is 21.2 Å². The minimum absolute atomic E-state index is 0.166. The summed E-state index contributed by atoms with van der Waals surface area (Å²) in [6, 6.07) is 16.0. The molecule has 0 bridgehead atoms. The number of aryl methyl sites for hydroxylation is 1. The first-order chi connectivity index (χ1) is 14.5. The van der Waals surface area contributed by atoms with Crippen molar-refractivity contribution in [1.82, 2.24) is 9.73 Å². The molecule has 1 aliphatic carbocycles. The number of hydrazone groups is 1. The van der Waals surface area contributed by atoms with E-state index in [1.54, 1.807) is 36.5 Å². The van der Waals surface area contributed by atoms with Gasteiger partial charge in [0, 0.05) is 6.04 Å². The van der Waals surface area contributed by atoms with E-state index in [4.69, 9.17) is 0 Å². The van der Waals surface area contributed by atoms with Crippen molar-refractivity contribution in [3.8, 4) is 0 Å². The highest BCUT2D eigenvalue weighted by Gasteiger charge is 2.33. The fourth-order valence-electron chi connectivity index (χ4n) is 3.70. The van der Waals surface area contributed by atoms with Crippen molar-refractivity contribution < 1.29 is 13.2 Å². The van der Waals surface area contributed by atoms with Gasteiger partial charge in [-0.05, 0) is 42.5 Å². The Morgan fingerprint density at radius 2 is 1.73 bits per heavy atom. The maximum atomic E-state index is 13.2. The summed E-state index contributed by atoms with van der Waals surface area (Å²) in [7, 11) is -3.76. The zero-order valence-electron chi connectivity index (χ0n) is 17.3. The van der Waals surface area contributed by atoms with Crippen LogP contribution in [0.2, 0.25) is 0 Å². The lowest BCUT2D eigenvalue weighted by molar-refractivity contribution is -0.121. The fourth-order valence-corrected chi connectivity index (χ4v) is 5.36. The number of rotatable bonds is 8. The Morgan fingerprint density at radius 1 is 1.07 bits per heavy atom. The number of carbonyl (C=O) groups excluding carboxylic acids is 1. The van der Waals surface area contributed by atoms with Crippen LogP contribution in [0, 0.1) is 0 Å². The average molecular weight is 428 g/mol. The van der Waals surface area contributed by atoms with E-state index < -0.39 is 15.9 Å². The lowest BCUT2D eigenvalue weighted by Crippen LogP contribution is -2.46. The van der Waals surface area contributed by atoms with Gasteiger partial charge in [0.25, 0.3) is 5.91 Å². The SMILES string of the molecule is CCc1ccc(/C=N\NC(=O)CN(C2CCCCC2)S(=O)(=O)c2ccccc2)cc1. The normalized spacial score (nSPS) is 15.5. The second-order valence-corrected chi connectivity index (χ2v) is 9.43. The van der Waals surface area contributed by atoms with Gasteiger partial charge in [-0.15, -0.1) is 0 Å². The largest absolute Gasteiger partial charge is 0.272 e. The Bertz CT molecular complexity index is 951. The third-order valence-corrected chi connectivity index (χ3v) is 7.33. The standard InChI is InChI=1S/C23H29N3O3S/c1-2-19-13-15-20(16-14-19)17-24-25-23(27)18-26(21-9-5-3-6-10-21)30(28,29)22-11-7-4-8-12-22/h4,7-8,11-17,21H,2-3,5-6,9-10,18H2,1H3,(H,25,27)/b24-17-. The molecule has 1 fully saturated rings. The number of carbonyl (C=O) groups is 1. The van der Waals surface area contributed by atoms with Crippen molar-refractivity contribution >= 4 is 22.1 Å². The molecule has 0 atom stereocenters. The van der Waals surface area contributed by atoms with Crippen molar-refractivity contribution in [2.75, 3.05) is 6.54 Å². The van der Waals surface area contributed by atoms with E-state index in [9.17, 15) is 13.2 Å². The van der Waals surface area contributed by atoms with Crippen LogP contribution in [0.15, 0.2) is 64.6 Å². The molecule has 1 aliphatic rings. The van der Waals surface area contributed by atoms with Crippen LogP contribution in [0.5, 0.6) is 0 Å². The zero-order chi connectivity index (χ0) is 21.4. The summed E-state index contributed by atoms with van der Waals surface area (Å²) in [4.78, 5) is 12.7. The molecule has 0 aliphatic heterocycles. The highest BCUT2D eigenvalue weighted by atomic mass is 32.2. The highest BCUT2D eigenvalue weighted by Crippen LogP contribution is 2.27. The quantitative estimate of drug-likeness (QED) is 0.515. The maximum absolute atomic E-state index is 13.2. The molecular weight excluding hydrogens is 398 g/mol. The Hall–Kier alpha value is -2.51. The molecule has 3 rings (SSSR count). The minimum atomic E-state index is -3.76. The highest BCUT2D eigenvalue weighted by molar-refractivity contribution is 7.89. The van der Waals surface area contributed by atoms with Crippen LogP contribution >= 0.6 is 0 Å². The van der Waals surface area contributed by atoms with Gasteiger partial charge in [0.1, 0.15) is 0 Å². The molecule has 0 aromatic heterocycles. The third-order valence-electron chi connectivity index (χ3n) is 5.42. The van der Waals surface area contributed by atoms with Gasteiger partial charge in [-0.1, -0.05) is 68.7 Å². The summed E-state index contributed by atoms with van der Waals surface area (Å²) >= 11 is 0. The maximum Gasteiger partial charge on any atom is 0.255 e. The summed E-state index contributed by atoms with van der Waals surface area (Å²) in [5.41, 5.74) is 4.57. The Morgan fingerprint density at radius 3 is 2.37 bits per heavy atom. The Kier molecular flexibility index (Phi) is 7.76. The van der Waals surface area contributed by atoms with E-state index in [0.29, 0.717) is 0 Å². The molecular formula is C23H29N3O3S. The summed E-state index contributed by atoms with van der Waals surface area (Å²) in [5.74, 6) is -0.443. The van der Waals surface area contributed by atoms with Gasteiger partial charge in [-0.25, -0.2) is 13.8 Å². The van der Waals surface area contributed by atoms with Gasteiger partial charge in [-0.3, -0.25) is 4.79 Å². The lowest BCUT2D eigenvalue weighted by Gasteiger charge is -2.32. The van der Waals surface area contributed by atoms with Crippen LogP contribution in [0.4, 0.5) is 0 Å². The van der Waals surface area contributed by atoms with Crippen LogP contribution < -0.4 is 5.43 Å². The van der Waals surface area contributed by atoms with Crippen molar-refractivity contribution in [3.63, 3.8) is 0 Å². The van der Waals surface area contributed by atoms with Gasteiger partial charge < -0.3 is 0 Å². The Labute approximate surface area is 179 Å². The molecule has 30 heavy (non-hydrogen) atoms. The molecule has 7 heteroatoms. The number of sulfonamides is 1. The van der Waals surface area contributed by atoms with Crippen LogP contribution in [0.1, 0.15) is 50.2 Å². The summed E-state index contributed by atoms with van der Waals surface area (Å²) in [6.45, 7) is 1.85. The summed E-state index contributed by atoms with van der Waals surface area (Å²) in [5, 5.41) is 4.00. The number of hydrogen-bond acceptors (Lipinski definition) is 4. The van der Waals surface area contributed by atoms with Crippen LogP contribution in [-0.4, -0.2) is 37.4 Å². The number of benzene rings is 2. The van der Waals surface area contributed by atoms with Gasteiger partial charge in [0.15, 0.2) is 0 Å². The van der Waals surface area contributed by atoms with E-state index in [1.165, 1.54) is 9.87 Å². The van der Waals surface area contributed by atoms with E-state index in [0.717, 1.165) is 44.1 Å². The first-order valence-corrected chi connectivity index (χ1v) is 11.9. The first-order valence-electron chi connectivity index (χ1n) is 10.5. The predicted molar refractivity (Wildman–Crippen MR) is 119 cm³/mol. The zero-order valence-corrected chi connectivity index (χ0v) is 18.1. The topological polar surface area (TPSA) is 78.8 Å². The Balaban J connectivity index is 1.70. The summed E-state index contributed by atoms with van der Waals surface area (Å²) in [6.07, 6.45) is 7.11. The van der Waals surface area contributed by atoms with Gasteiger partial charge in [0.2, 0.25) is 10.0 Å². The molecule has 2 aromatic carbocycles. The summed E-state index contributed by atoms with van der Waals surface area (Å²) < 4.78 is 27.8. The van der Waals surface area contributed by atoms with E-state index in [-0.39, 0.29) is 17.5 Å². The molecule has 0 unspecified atom stereocenters. The fraction of sp³-hybridized carbons (Fsp3) is 0.391. The van der Waals surface area contributed by atoms with Gasteiger partial charge in [0.05, 0.1) is 17.7 Å². The van der Waals surface area contributed by atoms with Crippen molar-refractivity contribution in [2.45, 2.75) is 56.4 Å².